The maximum absolute atomic E-state index is 11.0. The van der Waals surface area contributed by atoms with Crippen LogP contribution in [0.4, 0.5) is 0 Å². The molecule has 1 rings (SSSR count). The van der Waals surface area contributed by atoms with Crippen LogP contribution in [0.3, 0.4) is 0 Å². The Morgan fingerprint density at radius 1 is 1.59 bits per heavy atom. The van der Waals surface area contributed by atoms with Crippen molar-refractivity contribution in [2.45, 2.75) is 31.8 Å². The summed E-state index contributed by atoms with van der Waals surface area (Å²) < 4.78 is 0. The molecule has 0 aliphatic carbocycles. The predicted octanol–water partition coefficient (Wildman–Crippen LogP) is 0.0751. The zero-order chi connectivity index (χ0) is 12.8. The van der Waals surface area contributed by atoms with Crippen molar-refractivity contribution in [2.75, 3.05) is 40.3 Å². The Hall–Kier alpha value is -0.650. The second kappa shape index (κ2) is 6.93. The molecule has 2 atom stereocenters. The fourth-order valence-corrected chi connectivity index (χ4v) is 2.31. The lowest BCUT2D eigenvalue weighted by molar-refractivity contribution is -0.139. The molecule has 1 saturated heterocycles. The van der Waals surface area contributed by atoms with Gasteiger partial charge in [0, 0.05) is 19.1 Å². The molecule has 0 bridgehead atoms. The van der Waals surface area contributed by atoms with Gasteiger partial charge in [-0.1, -0.05) is 6.92 Å². The van der Waals surface area contributed by atoms with Crippen LogP contribution in [0.15, 0.2) is 0 Å². The standard InChI is InChI=1S/C12H25N3O2/c1-4-13-11(12(16)17)6-8-15-7-5-10(9-15)14(2)3/h10-11,13H,4-9H2,1-3H3,(H,16,17). The summed E-state index contributed by atoms with van der Waals surface area (Å²) in [4.78, 5) is 15.6. The first-order valence-electron chi connectivity index (χ1n) is 6.39. The number of carbonyl (C=O) groups is 1. The molecule has 0 aromatic heterocycles. The quantitative estimate of drug-likeness (QED) is 0.663. The van der Waals surface area contributed by atoms with E-state index in [0.717, 1.165) is 19.6 Å². The molecule has 1 aliphatic rings. The van der Waals surface area contributed by atoms with Gasteiger partial charge in [0.15, 0.2) is 0 Å². The molecule has 0 aromatic rings. The maximum atomic E-state index is 11.0. The van der Waals surface area contributed by atoms with Gasteiger partial charge in [-0.2, -0.15) is 0 Å². The summed E-state index contributed by atoms with van der Waals surface area (Å²) in [6.45, 7) is 5.66. The molecule has 2 unspecified atom stereocenters. The van der Waals surface area contributed by atoms with Crippen molar-refractivity contribution in [3.8, 4) is 0 Å². The average molecular weight is 243 g/mol. The van der Waals surface area contributed by atoms with E-state index in [1.165, 1.54) is 6.42 Å². The van der Waals surface area contributed by atoms with E-state index in [1.807, 2.05) is 6.92 Å². The number of aliphatic carboxylic acids is 1. The van der Waals surface area contributed by atoms with Gasteiger partial charge >= 0.3 is 5.97 Å². The number of nitrogens with one attached hydrogen (secondary N) is 1. The normalized spacial score (nSPS) is 23.2. The first-order chi connectivity index (χ1) is 8.04. The smallest absolute Gasteiger partial charge is 0.320 e. The number of carboxylic acid groups (broad SMARTS) is 1. The number of likely N-dealkylation sites (tertiary alicyclic amines) is 1. The molecule has 1 heterocycles. The Morgan fingerprint density at radius 3 is 2.76 bits per heavy atom. The van der Waals surface area contributed by atoms with Crippen LogP contribution in [-0.2, 0) is 4.79 Å². The number of likely N-dealkylation sites (N-methyl/N-ethyl adjacent to an activating group) is 2. The lowest BCUT2D eigenvalue weighted by Gasteiger charge is -2.21. The zero-order valence-electron chi connectivity index (χ0n) is 11.1. The molecule has 0 aromatic carbocycles. The number of rotatable bonds is 7. The topological polar surface area (TPSA) is 55.8 Å². The summed E-state index contributed by atoms with van der Waals surface area (Å²) in [5.74, 6) is -0.741. The molecule has 17 heavy (non-hydrogen) atoms. The van der Waals surface area contributed by atoms with E-state index >= 15 is 0 Å². The summed E-state index contributed by atoms with van der Waals surface area (Å²) >= 11 is 0. The van der Waals surface area contributed by atoms with Crippen LogP contribution < -0.4 is 5.32 Å². The van der Waals surface area contributed by atoms with Crippen LogP contribution in [-0.4, -0.2) is 73.2 Å². The zero-order valence-corrected chi connectivity index (χ0v) is 11.1. The molecule has 5 heteroatoms. The molecular weight excluding hydrogens is 218 g/mol. The highest BCUT2D eigenvalue weighted by Gasteiger charge is 2.25. The molecular formula is C12H25N3O2. The average Bonchev–Trinajstić information content (AvgIpc) is 2.72. The van der Waals surface area contributed by atoms with Crippen molar-refractivity contribution in [3.05, 3.63) is 0 Å². The third-order valence-corrected chi connectivity index (χ3v) is 3.46. The van der Waals surface area contributed by atoms with E-state index in [0.29, 0.717) is 19.0 Å². The molecule has 0 amide bonds. The van der Waals surface area contributed by atoms with Gasteiger partial charge in [-0.05, 0) is 40.0 Å². The molecule has 0 saturated carbocycles. The van der Waals surface area contributed by atoms with Gasteiger partial charge in [0.05, 0.1) is 0 Å². The van der Waals surface area contributed by atoms with Gasteiger partial charge in [-0.25, -0.2) is 0 Å². The molecule has 2 N–H and O–H groups in total. The summed E-state index contributed by atoms with van der Waals surface area (Å²) in [6.07, 6.45) is 1.87. The first kappa shape index (κ1) is 14.4. The van der Waals surface area contributed by atoms with Crippen molar-refractivity contribution >= 4 is 5.97 Å². The van der Waals surface area contributed by atoms with E-state index in [4.69, 9.17) is 5.11 Å². The third kappa shape index (κ3) is 4.61. The highest BCUT2D eigenvalue weighted by molar-refractivity contribution is 5.73. The largest absolute Gasteiger partial charge is 0.480 e. The Kier molecular flexibility index (Phi) is 5.88. The van der Waals surface area contributed by atoms with E-state index in [1.54, 1.807) is 0 Å². The second-order valence-electron chi connectivity index (χ2n) is 4.94. The van der Waals surface area contributed by atoms with Crippen LogP contribution in [0.1, 0.15) is 19.8 Å². The van der Waals surface area contributed by atoms with E-state index in [2.05, 4.69) is 29.2 Å². The summed E-state index contributed by atoms with van der Waals surface area (Å²) in [5.41, 5.74) is 0. The fraction of sp³-hybridized carbons (Fsp3) is 0.917. The minimum absolute atomic E-state index is 0.404. The van der Waals surface area contributed by atoms with Crippen LogP contribution >= 0.6 is 0 Å². The van der Waals surface area contributed by atoms with Gasteiger partial charge < -0.3 is 20.2 Å². The van der Waals surface area contributed by atoms with Crippen LogP contribution in [0.25, 0.3) is 0 Å². The van der Waals surface area contributed by atoms with Crippen molar-refractivity contribution in [3.63, 3.8) is 0 Å². The number of hydrogen-bond donors (Lipinski definition) is 2. The maximum Gasteiger partial charge on any atom is 0.320 e. The fourth-order valence-electron chi connectivity index (χ4n) is 2.31. The number of hydrogen-bond acceptors (Lipinski definition) is 4. The van der Waals surface area contributed by atoms with Gasteiger partial charge in [0.1, 0.15) is 6.04 Å². The summed E-state index contributed by atoms with van der Waals surface area (Å²) in [7, 11) is 4.21. The van der Waals surface area contributed by atoms with Crippen LogP contribution in [0.2, 0.25) is 0 Å². The summed E-state index contributed by atoms with van der Waals surface area (Å²) in [6, 6.07) is 0.218. The van der Waals surface area contributed by atoms with Gasteiger partial charge in [0.25, 0.3) is 0 Å². The second-order valence-corrected chi connectivity index (χ2v) is 4.94. The van der Waals surface area contributed by atoms with E-state index in [-0.39, 0.29) is 0 Å². The highest BCUT2D eigenvalue weighted by atomic mass is 16.4. The Bertz CT molecular complexity index is 246. The van der Waals surface area contributed by atoms with Crippen LogP contribution in [0.5, 0.6) is 0 Å². The van der Waals surface area contributed by atoms with Crippen molar-refractivity contribution in [1.82, 2.24) is 15.1 Å². The molecule has 0 spiro atoms. The van der Waals surface area contributed by atoms with E-state index in [9.17, 15) is 4.79 Å². The predicted molar refractivity (Wildman–Crippen MR) is 68.2 cm³/mol. The first-order valence-corrected chi connectivity index (χ1v) is 6.39. The SMILES string of the molecule is CCNC(CCN1CCC(N(C)C)C1)C(=O)O. The Labute approximate surface area is 104 Å². The molecule has 100 valence electrons. The lowest BCUT2D eigenvalue weighted by Crippen LogP contribution is -2.40. The Balaban J connectivity index is 2.28. The lowest BCUT2D eigenvalue weighted by atomic mass is 10.2. The molecule has 1 fully saturated rings. The van der Waals surface area contributed by atoms with Gasteiger partial charge in [-0.3, -0.25) is 4.79 Å². The van der Waals surface area contributed by atoms with Crippen molar-refractivity contribution < 1.29 is 9.90 Å². The van der Waals surface area contributed by atoms with Gasteiger partial charge in [0.2, 0.25) is 0 Å². The third-order valence-electron chi connectivity index (χ3n) is 3.46. The Morgan fingerprint density at radius 2 is 2.29 bits per heavy atom. The monoisotopic (exact) mass is 243 g/mol. The van der Waals surface area contributed by atoms with Crippen molar-refractivity contribution in [2.24, 2.45) is 0 Å². The molecule has 5 nitrogen and oxygen atoms in total. The molecule has 0 radical (unpaired) electrons. The van der Waals surface area contributed by atoms with Crippen molar-refractivity contribution in [1.29, 1.82) is 0 Å². The number of nitrogens with zero attached hydrogens (tertiary/aromatic N) is 2. The molecule has 1 aliphatic heterocycles. The minimum atomic E-state index is -0.741. The number of carboxylic acids is 1. The van der Waals surface area contributed by atoms with Crippen LogP contribution in [0, 0.1) is 0 Å². The summed E-state index contributed by atoms with van der Waals surface area (Å²) in [5, 5.41) is 12.0. The highest BCUT2D eigenvalue weighted by Crippen LogP contribution is 2.13. The van der Waals surface area contributed by atoms with Gasteiger partial charge in [-0.15, -0.1) is 0 Å². The minimum Gasteiger partial charge on any atom is -0.480 e. The van der Waals surface area contributed by atoms with E-state index < -0.39 is 12.0 Å².